The molecule has 3 heterocycles. The second-order valence-electron chi connectivity index (χ2n) is 7.86. The number of esters is 1. The van der Waals surface area contributed by atoms with Gasteiger partial charge in [0.1, 0.15) is 15.5 Å². The van der Waals surface area contributed by atoms with Gasteiger partial charge in [-0.3, -0.25) is 14.5 Å². The molecule has 0 aliphatic carbocycles. The van der Waals surface area contributed by atoms with Crippen LogP contribution in [0, 0.1) is 6.92 Å². The third-order valence-electron chi connectivity index (χ3n) is 5.86. The zero-order valence-electron chi connectivity index (χ0n) is 18.4. The Bertz CT molecular complexity index is 1210. The lowest BCUT2D eigenvalue weighted by molar-refractivity contribution is 0.0603. The average Bonchev–Trinajstić information content (AvgIpc) is 3.15. The van der Waals surface area contributed by atoms with E-state index in [1.54, 1.807) is 6.92 Å². The van der Waals surface area contributed by atoms with E-state index in [0.717, 1.165) is 6.42 Å². The third-order valence-corrected chi connectivity index (χ3v) is 7.03. The number of hydrogen-bond acceptors (Lipinski definition) is 7. The number of benzene rings is 1. The second-order valence-corrected chi connectivity index (χ2v) is 8.86. The van der Waals surface area contributed by atoms with Crippen LogP contribution in [-0.4, -0.2) is 64.9 Å². The fraction of sp³-hybridized carbons (Fsp3) is 0.391. The number of methoxy groups -OCH3 is 1. The van der Waals surface area contributed by atoms with E-state index >= 15 is 0 Å². The topological polar surface area (TPSA) is 95.6 Å². The van der Waals surface area contributed by atoms with Gasteiger partial charge in [-0.05, 0) is 36.6 Å². The maximum Gasteiger partial charge on any atom is 0.348 e. The molecule has 8 nitrogen and oxygen atoms in total. The minimum Gasteiger partial charge on any atom is -0.465 e. The van der Waals surface area contributed by atoms with E-state index in [4.69, 9.17) is 4.74 Å². The number of nitrogens with one attached hydrogen (secondary N) is 1. The Hall–Kier alpha value is -3.04. The molecular formula is C23H26N4O4S. The lowest BCUT2D eigenvalue weighted by atomic mass is 10.1. The molecular weight excluding hydrogens is 428 g/mol. The largest absolute Gasteiger partial charge is 0.465 e. The minimum absolute atomic E-state index is 0.0460. The van der Waals surface area contributed by atoms with Crippen LogP contribution in [0.1, 0.15) is 43.9 Å². The fourth-order valence-corrected chi connectivity index (χ4v) is 5.06. The third kappa shape index (κ3) is 4.31. The monoisotopic (exact) mass is 454 g/mol. The first-order chi connectivity index (χ1) is 15.4. The maximum absolute atomic E-state index is 12.8. The van der Waals surface area contributed by atoms with Gasteiger partial charge < -0.3 is 14.6 Å². The predicted molar refractivity (Wildman–Crippen MR) is 123 cm³/mol. The van der Waals surface area contributed by atoms with Crippen molar-refractivity contribution in [1.82, 2.24) is 19.8 Å². The lowest BCUT2D eigenvalue weighted by Crippen LogP contribution is -2.48. The van der Waals surface area contributed by atoms with Crippen LogP contribution >= 0.6 is 11.3 Å². The SMILES string of the molecule is CCc1ccc(C(=O)N2CCN(Cc3nc4sc(C(=O)OC)c(C)c4c(=O)[nH]3)CC2)cc1. The first-order valence-electron chi connectivity index (χ1n) is 10.6. The summed E-state index contributed by atoms with van der Waals surface area (Å²) in [7, 11) is 1.32. The van der Waals surface area contributed by atoms with Gasteiger partial charge >= 0.3 is 5.97 Å². The van der Waals surface area contributed by atoms with E-state index in [1.807, 2.05) is 29.2 Å². The summed E-state index contributed by atoms with van der Waals surface area (Å²) in [5, 5.41) is 0.434. The Labute approximate surface area is 189 Å². The van der Waals surface area contributed by atoms with Gasteiger partial charge in [0.25, 0.3) is 11.5 Å². The van der Waals surface area contributed by atoms with E-state index in [1.165, 1.54) is 24.0 Å². The summed E-state index contributed by atoms with van der Waals surface area (Å²) in [5.74, 6) is 0.135. The molecule has 168 valence electrons. The molecule has 0 atom stereocenters. The Balaban J connectivity index is 1.43. The molecule has 0 bridgehead atoms. The molecule has 1 aliphatic heterocycles. The number of thiophene rings is 1. The van der Waals surface area contributed by atoms with Crippen molar-refractivity contribution in [3.05, 3.63) is 62.0 Å². The molecule has 1 N–H and O–H groups in total. The minimum atomic E-state index is -0.462. The highest BCUT2D eigenvalue weighted by Crippen LogP contribution is 2.27. The number of hydrogen-bond donors (Lipinski definition) is 1. The summed E-state index contributed by atoms with van der Waals surface area (Å²) in [6, 6.07) is 7.78. The van der Waals surface area contributed by atoms with Crippen molar-refractivity contribution < 1.29 is 14.3 Å². The number of piperazine rings is 1. The first-order valence-corrected chi connectivity index (χ1v) is 11.4. The van der Waals surface area contributed by atoms with Gasteiger partial charge in [-0.25, -0.2) is 9.78 Å². The quantitative estimate of drug-likeness (QED) is 0.596. The molecule has 2 aromatic heterocycles. The zero-order valence-corrected chi connectivity index (χ0v) is 19.3. The van der Waals surface area contributed by atoms with Crippen LogP contribution in [0.3, 0.4) is 0 Å². The number of aryl methyl sites for hydroxylation is 2. The zero-order chi connectivity index (χ0) is 22.8. The van der Waals surface area contributed by atoms with Crippen molar-refractivity contribution in [3.8, 4) is 0 Å². The number of rotatable bonds is 5. The van der Waals surface area contributed by atoms with Crippen LogP contribution in [0.25, 0.3) is 10.2 Å². The van der Waals surface area contributed by atoms with E-state index in [9.17, 15) is 14.4 Å². The number of H-pyrrole nitrogens is 1. The molecule has 0 unspecified atom stereocenters. The summed E-state index contributed by atoms with van der Waals surface area (Å²) in [5.41, 5.74) is 2.26. The molecule has 0 radical (unpaired) electrons. The number of carbonyl (C=O) groups excluding carboxylic acids is 2. The van der Waals surface area contributed by atoms with Crippen LogP contribution in [0.5, 0.6) is 0 Å². The second kappa shape index (κ2) is 9.22. The molecule has 1 aliphatic rings. The highest BCUT2D eigenvalue weighted by atomic mass is 32.1. The number of aromatic amines is 1. The molecule has 9 heteroatoms. The van der Waals surface area contributed by atoms with Crippen molar-refractivity contribution >= 4 is 33.4 Å². The van der Waals surface area contributed by atoms with Crippen molar-refractivity contribution in [2.75, 3.05) is 33.3 Å². The van der Waals surface area contributed by atoms with Crippen LogP contribution < -0.4 is 5.56 Å². The summed E-state index contributed by atoms with van der Waals surface area (Å²) in [6.45, 7) is 6.91. The van der Waals surface area contributed by atoms with Gasteiger partial charge in [-0.2, -0.15) is 0 Å². The molecule has 3 aromatic rings. The Morgan fingerprint density at radius 1 is 1.16 bits per heavy atom. The molecule has 1 amide bonds. The molecule has 0 spiro atoms. The first kappa shape index (κ1) is 22.2. The summed E-state index contributed by atoms with van der Waals surface area (Å²) in [6.07, 6.45) is 0.949. The number of nitrogens with zero attached hydrogens (tertiary/aromatic N) is 3. The number of amides is 1. The number of carbonyl (C=O) groups is 2. The van der Waals surface area contributed by atoms with Crippen LogP contribution in [-0.2, 0) is 17.7 Å². The van der Waals surface area contributed by atoms with Crippen LogP contribution in [0.15, 0.2) is 29.1 Å². The molecule has 1 fully saturated rings. The van der Waals surface area contributed by atoms with E-state index in [2.05, 4.69) is 21.8 Å². The normalized spacial score (nSPS) is 14.7. The molecule has 4 rings (SSSR count). The van der Waals surface area contributed by atoms with Gasteiger partial charge in [0, 0.05) is 31.7 Å². The maximum atomic E-state index is 12.8. The van der Waals surface area contributed by atoms with Crippen molar-refractivity contribution in [2.45, 2.75) is 26.8 Å². The van der Waals surface area contributed by atoms with E-state index in [-0.39, 0.29) is 11.5 Å². The molecule has 0 saturated carbocycles. The van der Waals surface area contributed by atoms with Crippen molar-refractivity contribution in [3.63, 3.8) is 0 Å². The van der Waals surface area contributed by atoms with Crippen molar-refractivity contribution in [2.24, 2.45) is 0 Å². The van der Waals surface area contributed by atoms with E-state index in [0.29, 0.717) is 64.8 Å². The van der Waals surface area contributed by atoms with Gasteiger partial charge in [0.2, 0.25) is 0 Å². The number of ether oxygens (including phenoxy) is 1. The Morgan fingerprint density at radius 3 is 2.47 bits per heavy atom. The summed E-state index contributed by atoms with van der Waals surface area (Å²) >= 11 is 1.17. The van der Waals surface area contributed by atoms with Gasteiger partial charge in [-0.1, -0.05) is 19.1 Å². The Kier molecular flexibility index (Phi) is 6.38. The van der Waals surface area contributed by atoms with Crippen LogP contribution in [0.2, 0.25) is 0 Å². The predicted octanol–water partition coefficient (Wildman–Crippen LogP) is 2.60. The molecule has 1 saturated heterocycles. The summed E-state index contributed by atoms with van der Waals surface area (Å²) < 4.78 is 4.80. The number of aromatic nitrogens is 2. The van der Waals surface area contributed by atoms with Gasteiger partial charge in [0.15, 0.2) is 0 Å². The molecule has 32 heavy (non-hydrogen) atoms. The van der Waals surface area contributed by atoms with Gasteiger partial charge in [-0.15, -0.1) is 11.3 Å². The average molecular weight is 455 g/mol. The van der Waals surface area contributed by atoms with Crippen molar-refractivity contribution in [1.29, 1.82) is 0 Å². The standard InChI is InChI=1S/C23H26N4O4S/c1-4-15-5-7-16(8-6-15)22(29)27-11-9-26(10-12-27)13-17-24-20(28)18-14(2)19(23(30)31-3)32-21(18)25-17/h5-8H,4,9-13H2,1-3H3,(H,24,25,28). The lowest BCUT2D eigenvalue weighted by Gasteiger charge is -2.34. The van der Waals surface area contributed by atoms with Gasteiger partial charge in [0.05, 0.1) is 19.0 Å². The highest BCUT2D eigenvalue weighted by molar-refractivity contribution is 7.20. The number of fused-ring (bicyclic) bond motifs is 1. The Morgan fingerprint density at radius 2 is 1.84 bits per heavy atom. The van der Waals surface area contributed by atoms with Crippen LogP contribution in [0.4, 0.5) is 0 Å². The summed E-state index contributed by atoms with van der Waals surface area (Å²) in [4.78, 5) is 49.7. The smallest absolute Gasteiger partial charge is 0.348 e. The highest BCUT2D eigenvalue weighted by Gasteiger charge is 2.24. The molecule has 1 aromatic carbocycles. The van der Waals surface area contributed by atoms with E-state index < -0.39 is 5.97 Å². The fourth-order valence-electron chi connectivity index (χ4n) is 3.94.